The van der Waals surface area contributed by atoms with Gasteiger partial charge in [-0.05, 0) is 24.6 Å². The number of rotatable bonds is 4. The lowest BCUT2D eigenvalue weighted by atomic mass is 10.1. The lowest BCUT2D eigenvalue weighted by Gasteiger charge is -2.13. The summed E-state index contributed by atoms with van der Waals surface area (Å²) >= 11 is 5.94. The van der Waals surface area contributed by atoms with Crippen LogP contribution in [0.2, 0.25) is 5.02 Å². The minimum atomic E-state index is 0.254. The van der Waals surface area contributed by atoms with Crippen molar-refractivity contribution in [2.75, 3.05) is 0 Å². The second kappa shape index (κ2) is 5.14. The number of nitrogens with one attached hydrogen (secondary N) is 2. The number of hydrogen-bond donors (Lipinski definition) is 2. The highest BCUT2D eigenvalue weighted by molar-refractivity contribution is 6.30. The fraction of sp³-hybridized carbons (Fsp3) is 0.250. The highest BCUT2D eigenvalue weighted by Crippen LogP contribution is 2.17. The molecule has 16 heavy (non-hydrogen) atoms. The van der Waals surface area contributed by atoms with Gasteiger partial charge in [-0.1, -0.05) is 23.7 Å². The molecule has 1 unspecified atom stereocenters. The topological polar surface area (TPSA) is 40.7 Å². The molecule has 0 aliphatic heterocycles. The van der Waals surface area contributed by atoms with E-state index in [0.29, 0.717) is 0 Å². The summed E-state index contributed by atoms with van der Waals surface area (Å²) in [5.41, 5.74) is 1.18. The SMILES string of the molecule is CC(NCc1ncc[nH]1)c1cccc(Cl)c1. The van der Waals surface area contributed by atoms with Crippen molar-refractivity contribution in [2.45, 2.75) is 19.5 Å². The molecule has 2 N–H and O–H groups in total. The van der Waals surface area contributed by atoms with E-state index in [1.54, 1.807) is 6.20 Å². The van der Waals surface area contributed by atoms with E-state index in [9.17, 15) is 0 Å². The van der Waals surface area contributed by atoms with Crippen LogP contribution in [0.4, 0.5) is 0 Å². The van der Waals surface area contributed by atoms with Gasteiger partial charge in [0.1, 0.15) is 5.82 Å². The molecule has 0 saturated heterocycles. The monoisotopic (exact) mass is 235 g/mol. The highest BCUT2D eigenvalue weighted by atomic mass is 35.5. The standard InChI is InChI=1S/C12H14ClN3/c1-9(10-3-2-4-11(13)7-10)16-8-12-14-5-6-15-12/h2-7,9,16H,8H2,1H3,(H,14,15). The molecule has 0 radical (unpaired) electrons. The van der Waals surface area contributed by atoms with E-state index >= 15 is 0 Å². The van der Waals surface area contributed by atoms with Crippen LogP contribution >= 0.6 is 11.6 Å². The third-order valence-corrected chi connectivity index (χ3v) is 2.71. The van der Waals surface area contributed by atoms with Gasteiger partial charge in [0.25, 0.3) is 0 Å². The van der Waals surface area contributed by atoms with Gasteiger partial charge in [0.05, 0.1) is 6.54 Å². The summed E-state index contributed by atoms with van der Waals surface area (Å²) in [6, 6.07) is 8.13. The largest absolute Gasteiger partial charge is 0.348 e. The Bertz CT molecular complexity index is 439. The number of hydrogen-bond acceptors (Lipinski definition) is 2. The molecule has 1 heterocycles. The van der Waals surface area contributed by atoms with E-state index < -0.39 is 0 Å². The number of aromatic amines is 1. The molecule has 0 spiro atoms. The smallest absolute Gasteiger partial charge is 0.120 e. The van der Waals surface area contributed by atoms with Crippen LogP contribution in [-0.4, -0.2) is 9.97 Å². The minimum Gasteiger partial charge on any atom is -0.348 e. The minimum absolute atomic E-state index is 0.254. The molecule has 84 valence electrons. The van der Waals surface area contributed by atoms with Crippen molar-refractivity contribution < 1.29 is 0 Å². The number of imidazole rings is 1. The quantitative estimate of drug-likeness (QED) is 0.856. The van der Waals surface area contributed by atoms with E-state index in [2.05, 4.69) is 28.3 Å². The number of H-pyrrole nitrogens is 1. The van der Waals surface area contributed by atoms with Crippen LogP contribution in [0.25, 0.3) is 0 Å². The molecule has 1 aromatic carbocycles. The zero-order valence-corrected chi connectivity index (χ0v) is 9.83. The summed E-state index contributed by atoms with van der Waals surface area (Å²) < 4.78 is 0. The summed E-state index contributed by atoms with van der Waals surface area (Å²) in [4.78, 5) is 7.21. The van der Waals surface area contributed by atoms with E-state index in [0.717, 1.165) is 17.4 Å². The molecule has 0 amide bonds. The highest BCUT2D eigenvalue weighted by Gasteiger charge is 2.05. The molecule has 3 nitrogen and oxygen atoms in total. The molecule has 0 aliphatic carbocycles. The second-order valence-corrected chi connectivity index (χ2v) is 4.13. The van der Waals surface area contributed by atoms with Gasteiger partial charge in [-0.3, -0.25) is 0 Å². The first-order valence-electron chi connectivity index (χ1n) is 5.23. The maximum Gasteiger partial charge on any atom is 0.120 e. The van der Waals surface area contributed by atoms with Gasteiger partial charge in [-0.25, -0.2) is 4.98 Å². The van der Waals surface area contributed by atoms with Crippen LogP contribution in [-0.2, 0) is 6.54 Å². The summed E-state index contributed by atoms with van der Waals surface area (Å²) in [5, 5.41) is 4.14. The van der Waals surface area contributed by atoms with E-state index in [1.165, 1.54) is 5.56 Å². The molecule has 1 aromatic heterocycles. The Balaban J connectivity index is 1.95. The van der Waals surface area contributed by atoms with Crippen molar-refractivity contribution >= 4 is 11.6 Å². The van der Waals surface area contributed by atoms with Crippen LogP contribution < -0.4 is 5.32 Å². The Morgan fingerprint density at radius 3 is 3.06 bits per heavy atom. The van der Waals surface area contributed by atoms with Gasteiger partial charge in [0, 0.05) is 23.5 Å². The summed E-state index contributed by atoms with van der Waals surface area (Å²) in [7, 11) is 0. The van der Waals surface area contributed by atoms with Gasteiger partial charge >= 0.3 is 0 Å². The molecule has 0 aliphatic rings. The first-order chi connectivity index (χ1) is 7.75. The molecule has 0 bridgehead atoms. The van der Waals surface area contributed by atoms with Crippen molar-refractivity contribution in [1.29, 1.82) is 0 Å². The van der Waals surface area contributed by atoms with Gasteiger partial charge < -0.3 is 10.3 Å². The van der Waals surface area contributed by atoms with Gasteiger partial charge in [-0.2, -0.15) is 0 Å². The predicted octanol–water partition coefficient (Wildman–Crippen LogP) is 2.91. The van der Waals surface area contributed by atoms with Crippen LogP contribution in [0.5, 0.6) is 0 Å². The Morgan fingerprint density at radius 1 is 1.50 bits per heavy atom. The average molecular weight is 236 g/mol. The van der Waals surface area contributed by atoms with E-state index in [4.69, 9.17) is 11.6 Å². The molecule has 0 fully saturated rings. The Kier molecular flexibility index (Phi) is 3.59. The summed E-state index contributed by atoms with van der Waals surface area (Å²) in [6.45, 7) is 2.83. The van der Waals surface area contributed by atoms with Crippen LogP contribution in [0.15, 0.2) is 36.7 Å². The predicted molar refractivity (Wildman–Crippen MR) is 65.3 cm³/mol. The molecule has 0 saturated carbocycles. The van der Waals surface area contributed by atoms with Gasteiger partial charge in [0.2, 0.25) is 0 Å². The number of nitrogens with zero attached hydrogens (tertiary/aromatic N) is 1. The van der Waals surface area contributed by atoms with Crippen molar-refractivity contribution in [2.24, 2.45) is 0 Å². The third kappa shape index (κ3) is 2.84. The average Bonchev–Trinajstić information content (AvgIpc) is 2.78. The van der Waals surface area contributed by atoms with Gasteiger partial charge in [0.15, 0.2) is 0 Å². The molecule has 2 aromatic rings. The maximum absolute atomic E-state index is 5.94. The Morgan fingerprint density at radius 2 is 2.38 bits per heavy atom. The Hall–Kier alpha value is -1.32. The van der Waals surface area contributed by atoms with Crippen LogP contribution in [0.1, 0.15) is 24.4 Å². The number of halogens is 1. The number of benzene rings is 1. The van der Waals surface area contributed by atoms with Crippen molar-refractivity contribution in [1.82, 2.24) is 15.3 Å². The van der Waals surface area contributed by atoms with E-state index in [1.807, 2.05) is 24.4 Å². The number of aromatic nitrogens is 2. The molecule has 4 heteroatoms. The Labute approximate surface area is 99.9 Å². The molecular weight excluding hydrogens is 222 g/mol. The molecule has 1 atom stereocenters. The second-order valence-electron chi connectivity index (χ2n) is 3.69. The van der Waals surface area contributed by atoms with E-state index in [-0.39, 0.29) is 6.04 Å². The summed E-state index contributed by atoms with van der Waals surface area (Å²) in [6.07, 6.45) is 3.57. The first-order valence-corrected chi connectivity index (χ1v) is 5.60. The van der Waals surface area contributed by atoms with Crippen molar-refractivity contribution in [3.8, 4) is 0 Å². The van der Waals surface area contributed by atoms with Gasteiger partial charge in [-0.15, -0.1) is 0 Å². The van der Waals surface area contributed by atoms with Crippen molar-refractivity contribution in [3.05, 3.63) is 53.1 Å². The van der Waals surface area contributed by atoms with Crippen LogP contribution in [0, 0.1) is 0 Å². The molecular formula is C12H14ClN3. The zero-order chi connectivity index (χ0) is 11.4. The third-order valence-electron chi connectivity index (χ3n) is 2.48. The maximum atomic E-state index is 5.94. The lowest BCUT2D eigenvalue weighted by molar-refractivity contribution is 0.562. The van der Waals surface area contributed by atoms with Crippen molar-refractivity contribution in [3.63, 3.8) is 0 Å². The lowest BCUT2D eigenvalue weighted by Crippen LogP contribution is -2.18. The normalized spacial score (nSPS) is 12.6. The zero-order valence-electron chi connectivity index (χ0n) is 9.07. The summed E-state index contributed by atoms with van der Waals surface area (Å²) in [5.74, 6) is 0.939. The van der Waals surface area contributed by atoms with Crippen LogP contribution in [0.3, 0.4) is 0 Å². The fourth-order valence-corrected chi connectivity index (χ4v) is 1.74. The molecule has 2 rings (SSSR count). The fourth-order valence-electron chi connectivity index (χ4n) is 1.54. The first kappa shape index (κ1) is 11.2.